The van der Waals surface area contributed by atoms with Crippen molar-refractivity contribution in [2.24, 2.45) is 0 Å². The summed E-state index contributed by atoms with van der Waals surface area (Å²) in [7, 11) is 0. The van der Waals surface area contributed by atoms with Crippen molar-refractivity contribution in [1.29, 1.82) is 0 Å². The highest BCUT2D eigenvalue weighted by Crippen LogP contribution is 2.27. The summed E-state index contributed by atoms with van der Waals surface area (Å²) in [5.41, 5.74) is 0.203. The molecule has 0 saturated heterocycles. The number of ether oxygens (including phenoxy) is 2. The highest BCUT2D eigenvalue weighted by atomic mass is 35.5. The predicted molar refractivity (Wildman–Crippen MR) is 91.9 cm³/mol. The first-order chi connectivity index (χ1) is 11.1. The number of ketones is 1. The van der Waals surface area contributed by atoms with Gasteiger partial charge in [0.25, 0.3) is 5.78 Å². The van der Waals surface area contributed by atoms with Crippen LogP contribution >= 0.6 is 23.2 Å². The summed E-state index contributed by atoms with van der Waals surface area (Å²) < 4.78 is 9.93. The lowest BCUT2D eigenvalue weighted by Gasteiger charge is -2.12. The quantitative estimate of drug-likeness (QED) is 0.430. The molecular formula is C17H18Cl2O5. The Hall–Kier alpha value is -1.85. The van der Waals surface area contributed by atoms with Gasteiger partial charge < -0.3 is 9.47 Å². The second kappa shape index (κ2) is 8.85. The molecule has 130 valence electrons. The lowest BCUT2D eigenvalue weighted by Crippen LogP contribution is -2.21. The number of carbonyl (C=O) groups excluding carboxylic acids is 3. The van der Waals surface area contributed by atoms with Crippen LogP contribution in [0.3, 0.4) is 0 Å². The molecule has 1 rings (SSSR count). The van der Waals surface area contributed by atoms with Crippen LogP contribution in [0.1, 0.15) is 33.3 Å². The van der Waals surface area contributed by atoms with E-state index in [1.54, 1.807) is 27.7 Å². The molecule has 0 aromatic heterocycles. The van der Waals surface area contributed by atoms with Crippen LogP contribution in [0.25, 0.3) is 5.57 Å². The van der Waals surface area contributed by atoms with Crippen LogP contribution in [-0.2, 0) is 23.9 Å². The van der Waals surface area contributed by atoms with Gasteiger partial charge in [0.15, 0.2) is 0 Å². The van der Waals surface area contributed by atoms with Gasteiger partial charge in [-0.15, -0.1) is 0 Å². The SMILES string of the molecule is CC(C)OC(=O)C(=O)/C=C(/C(=O)OC(C)C)c1ccc(Cl)c(Cl)c1. The molecule has 0 unspecified atom stereocenters. The predicted octanol–water partition coefficient (Wildman–Crippen LogP) is 3.85. The van der Waals surface area contributed by atoms with Crippen LogP contribution in [0.4, 0.5) is 0 Å². The van der Waals surface area contributed by atoms with E-state index in [-0.39, 0.29) is 10.6 Å². The van der Waals surface area contributed by atoms with E-state index in [1.165, 1.54) is 18.2 Å². The van der Waals surface area contributed by atoms with Gasteiger partial charge >= 0.3 is 11.9 Å². The highest BCUT2D eigenvalue weighted by molar-refractivity contribution is 6.43. The molecule has 0 heterocycles. The molecule has 5 nitrogen and oxygen atoms in total. The topological polar surface area (TPSA) is 69.7 Å². The first-order valence-corrected chi connectivity index (χ1v) is 8.00. The molecule has 0 N–H and O–H groups in total. The summed E-state index contributed by atoms with van der Waals surface area (Å²) in [6.07, 6.45) is 0.0296. The minimum atomic E-state index is -1.06. The summed E-state index contributed by atoms with van der Waals surface area (Å²) in [4.78, 5) is 35.9. The number of rotatable bonds is 6. The van der Waals surface area contributed by atoms with Crippen molar-refractivity contribution in [1.82, 2.24) is 0 Å². The van der Waals surface area contributed by atoms with Crippen LogP contribution in [0.2, 0.25) is 10.0 Å². The molecule has 0 fully saturated rings. The monoisotopic (exact) mass is 372 g/mol. The lowest BCUT2D eigenvalue weighted by atomic mass is 10.0. The molecule has 0 atom stereocenters. The molecule has 0 aliphatic heterocycles. The number of carbonyl (C=O) groups is 3. The second-order valence-corrected chi connectivity index (χ2v) is 6.27. The van der Waals surface area contributed by atoms with Crippen LogP contribution < -0.4 is 0 Å². The fraction of sp³-hybridized carbons (Fsp3) is 0.353. The van der Waals surface area contributed by atoms with E-state index in [1.807, 2.05) is 0 Å². The van der Waals surface area contributed by atoms with Gasteiger partial charge in [-0.05, 0) is 45.4 Å². The fourth-order valence-electron chi connectivity index (χ4n) is 1.66. The van der Waals surface area contributed by atoms with E-state index in [4.69, 9.17) is 32.7 Å². The summed E-state index contributed by atoms with van der Waals surface area (Å²) >= 11 is 11.8. The maximum absolute atomic E-state index is 12.3. The fourth-order valence-corrected chi connectivity index (χ4v) is 1.96. The standard InChI is InChI=1S/C17H18Cl2O5/c1-9(2)23-16(21)12(8-15(20)17(22)24-10(3)4)11-5-6-13(18)14(19)7-11/h5-10H,1-4H3/b12-8+. The molecule has 1 aromatic carbocycles. The Balaban J connectivity index is 3.25. The molecule has 0 bridgehead atoms. The Morgan fingerprint density at radius 1 is 0.917 bits per heavy atom. The van der Waals surface area contributed by atoms with Crippen molar-refractivity contribution in [2.45, 2.75) is 39.9 Å². The highest BCUT2D eigenvalue weighted by Gasteiger charge is 2.22. The van der Waals surface area contributed by atoms with E-state index in [0.717, 1.165) is 6.08 Å². The number of hydrogen-bond donors (Lipinski definition) is 0. The van der Waals surface area contributed by atoms with Crippen LogP contribution in [-0.4, -0.2) is 29.9 Å². The third-order valence-electron chi connectivity index (χ3n) is 2.61. The maximum atomic E-state index is 12.3. The molecule has 0 spiro atoms. The number of halogens is 2. The van der Waals surface area contributed by atoms with E-state index >= 15 is 0 Å². The minimum absolute atomic E-state index is 0.104. The molecule has 0 aliphatic carbocycles. The Bertz CT molecular complexity index is 678. The van der Waals surface area contributed by atoms with Gasteiger partial charge in [0, 0.05) is 6.08 Å². The Labute approximate surface area is 150 Å². The molecule has 0 saturated carbocycles. The van der Waals surface area contributed by atoms with E-state index in [9.17, 15) is 14.4 Å². The van der Waals surface area contributed by atoms with Crippen LogP contribution in [0.15, 0.2) is 24.3 Å². The zero-order valence-electron chi connectivity index (χ0n) is 13.8. The van der Waals surface area contributed by atoms with Crippen molar-refractivity contribution in [3.8, 4) is 0 Å². The first-order valence-electron chi connectivity index (χ1n) is 7.24. The minimum Gasteiger partial charge on any atom is -0.459 e. The molecular weight excluding hydrogens is 355 g/mol. The molecule has 0 amide bonds. The summed E-state index contributed by atoms with van der Waals surface area (Å²) in [6, 6.07) is 4.40. The van der Waals surface area contributed by atoms with E-state index < -0.39 is 29.9 Å². The average Bonchev–Trinajstić information content (AvgIpc) is 2.45. The van der Waals surface area contributed by atoms with E-state index in [2.05, 4.69) is 0 Å². The van der Waals surface area contributed by atoms with Crippen LogP contribution in [0, 0.1) is 0 Å². The van der Waals surface area contributed by atoms with Gasteiger partial charge in [0.1, 0.15) is 0 Å². The second-order valence-electron chi connectivity index (χ2n) is 5.46. The van der Waals surface area contributed by atoms with Gasteiger partial charge in [-0.25, -0.2) is 9.59 Å². The third kappa shape index (κ3) is 5.98. The van der Waals surface area contributed by atoms with Gasteiger partial charge in [-0.3, -0.25) is 4.79 Å². The maximum Gasteiger partial charge on any atom is 0.379 e. The average molecular weight is 373 g/mol. The van der Waals surface area contributed by atoms with Crippen molar-refractivity contribution < 1.29 is 23.9 Å². The van der Waals surface area contributed by atoms with Crippen molar-refractivity contribution in [3.63, 3.8) is 0 Å². The molecule has 24 heavy (non-hydrogen) atoms. The third-order valence-corrected chi connectivity index (χ3v) is 3.35. The van der Waals surface area contributed by atoms with Gasteiger partial charge in [0.2, 0.25) is 0 Å². The largest absolute Gasteiger partial charge is 0.459 e. The smallest absolute Gasteiger partial charge is 0.379 e. The summed E-state index contributed by atoms with van der Waals surface area (Å²) in [5, 5.41) is 0.497. The Morgan fingerprint density at radius 2 is 1.46 bits per heavy atom. The molecule has 0 aliphatic rings. The molecule has 0 radical (unpaired) electrons. The van der Waals surface area contributed by atoms with Gasteiger partial charge in [-0.1, -0.05) is 29.3 Å². The zero-order valence-corrected chi connectivity index (χ0v) is 15.3. The number of esters is 2. The summed E-state index contributed by atoms with van der Waals surface area (Å²) in [6.45, 7) is 6.56. The normalized spacial score (nSPS) is 11.6. The number of benzene rings is 1. The number of hydrogen-bond acceptors (Lipinski definition) is 5. The van der Waals surface area contributed by atoms with Gasteiger partial charge in [0.05, 0.1) is 27.8 Å². The lowest BCUT2D eigenvalue weighted by molar-refractivity contribution is -0.154. The van der Waals surface area contributed by atoms with Crippen molar-refractivity contribution >= 4 is 46.5 Å². The summed E-state index contributed by atoms with van der Waals surface area (Å²) in [5.74, 6) is -2.78. The first kappa shape index (κ1) is 20.2. The molecule has 7 heteroatoms. The van der Waals surface area contributed by atoms with Crippen molar-refractivity contribution in [3.05, 3.63) is 39.9 Å². The van der Waals surface area contributed by atoms with Crippen LogP contribution in [0.5, 0.6) is 0 Å². The molecule has 1 aromatic rings. The van der Waals surface area contributed by atoms with Gasteiger partial charge in [-0.2, -0.15) is 0 Å². The van der Waals surface area contributed by atoms with E-state index in [0.29, 0.717) is 10.6 Å². The van der Waals surface area contributed by atoms with Crippen molar-refractivity contribution in [2.75, 3.05) is 0 Å². The zero-order chi connectivity index (χ0) is 18.4. The Morgan fingerprint density at radius 3 is 1.96 bits per heavy atom. The Kier molecular flexibility index (Phi) is 7.45.